The highest BCUT2D eigenvalue weighted by molar-refractivity contribution is 5.64. The minimum absolute atomic E-state index is 0.707. The molecular formula is C17H24N4. The van der Waals surface area contributed by atoms with Crippen LogP contribution in [0.15, 0.2) is 30.3 Å². The van der Waals surface area contributed by atoms with Crippen molar-refractivity contribution in [1.82, 2.24) is 9.97 Å². The lowest BCUT2D eigenvalue weighted by Crippen LogP contribution is -2.19. The fraction of sp³-hybridized carbons (Fsp3) is 0.412. The Hall–Kier alpha value is -2.10. The van der Waals surface area contributed by atoms with Gasteiger partial charge in [-0.3, -0.25) is 0 Å². The number of nitrogens with zero attached hydrogens (tertiary/aromatic N) is 3. The van der Waals surface area contributed by atoms with Crippen molar-refractivity contribution < 1.29 is 0 Å². The first-order valence-electron chi connectivity index (χ1n) is 7.58. The van der Waals surface area contributed by atoms with Crippen LogP contribution in [0.5, 0.6) is 0 Å². The fourth-order valence-electron chi connectivity index (χ4n) is 2.33. The van der Waals surface area contributed by atoms with Gasteiger partial charge in [0, 0.05) is 30.5 Å². The van der Waals surface area contributed by atoms with E-state index in [2.05, 4.69) is 65.2 Å². The molecule has 0 aliphatic rings. The SMILES string of the molecule is CCCNc1nc(C)cc(N(CC)c2ccccc2C)n1. The van der Waals surface area contributed by atoms with Crippen molar-refractivity contribution in [2.24, 2.45) is 0 Å². The number of aromatic nitrogens is 2. The summed E-state index contributed by atoms with van der Waals surface area (Å²) in [5.41, 5.74) is 3.42. The number of aryl methyl sites for hydroxylation is 2. The van der Waals surface area contributed by atoms with E-state index in [4.69, 9.17) is 0 Å². The Morgan fingerprint density at radius 3 is 2.52 bits per heavy atom. The van der Waals surface area contributed by atoms with Crippen LogP contribution in [-0.2, 0) is 0 Å². The van der Waals surface area contributed by atoms with Crippen LogP contribution >= 0.6 is 0 Å². The summed E-state index contributed by atoms with van der Waals surface area (Å²) >= 11 is 0. The van der Waals surface area contributed by atoms with Gasteiger partial charge < -0.3 is 10.2 Å². The van der Waals surface area contributed by atoms with Crippen molar-refractivity contribution in [1.29, 1.82) is 0 Å². The lowest BCUT2D eigenvalue weighted by atomic mass is 10.2. The topological polar surface area (TPSA) is 41.1 Å². The van der Waals surface area contributed by atoms with Crippen LogP contribution in [0.25, 0.3) is 0 Å². The molecule has 0 bridgehead atoms. The van der Waals surface area contributed by atoms with E-state index in [1.807, 2.05) is 13.0 Å². The molecule has 2 rings (SSSR count). The van der Waals surface area contributed by atoms with E-state index >= 15 is 0 Å². The number of rotatable bonds is 6. The minimum atomic E-state index is 0.707. The molecule has 1 aromatic carbocycles. The summed E-state index contributed by atoms with van der Waals surface area (Å²) in [4.78, 5) is 11.3. The van der Waals surface area contributed by atoms with Gasteiger partial charge in [0.15, 0.2) is 0 Å². The summed E-state index contributed by atoms with van der Waals surface area (Å²) < 4.78 is 0. The molecule has 0 atom stereocenters. The molecule has 1 heterocycles. The molecule has 0 spiro atoms. The van der Waals surface area contributed by atoms with E-state index in [0.717, 1.165) is 31.0 Å². The molecule has 1 N–H and O–H groups in total. The summed E-state index contributed by atoms with van der Waals surface area (Å²) in [6, 6.07) is 10.4. The minimum Gasteiger partial charge on any atom is -0.354 e. The Morgan fingerprint density at radius 2 is 1.86 bits per heavy atom. The molecule has 0 aliphatic carbocycles. The predicted octanol–water partition coefficient (Wildman–Crippen LogP) is 4.07. The van der Waals surface area contributed by atoms with Crippen LogP contribution in [0.4, 0.5) is 17.5 Å². The average molecular weight is 284 g/mol. The maximum absolute atomic E-state index is 4.66. The van der Waals surface area contributed by atoms with Crippen LogP contribution in [0, 0.1) is 13.8 Å². The number of hydrogen-bond acceptors (Lipinski definition) is 4. The molecule has 0 fully saturated rings. The van der Waals surface area contributed by atoms with E-state index in [1.54, 1.807) is 0 Å². The highest BCUT2D eigenvalue weighted by Crippen LogP contribution is 2.27. The fourth-order valence-corrected chi connectivity index (χ4v) is 2.33. The Kier molecular flexibility index (Phi) is 5.14. The number of nitrogens with one attached hydrogen (secondary N) is 1. The first-order valence-corrected chi connectivity index (χ1v) is 7.58. The molecule has 1 aromatic heterocycles. The molecule has 21 heavy (non-hydrogen) atoms. The summed E-state index contributed by atoms with van der Waals surface area (Å²) in [5, 5.41) is 3.27. The van der Waals surface area contributed by atoms with Gasteiger partial charge in [0.2, 0.25) is 5.95 Å². The predicted molar refractivity (Wildman–Crippen MR) is 89.4 cm³/mol. The first-order chi connectivity index (χ1) is 10.2. The molecule has 112 valence electrons. The second kappa shape index (κ2) is 7.07. The second-order valence-electron chi connectivity index (χ2n) is 5.15. The van der Waals surface area contributed by atoms with E-state index < -0.39 is 0 Å². The lowest BCUT2D eigenvalue weighted by Gasteiger charge is -2.24. The van der Waals surface area contributed by atoms with Crippen molar-refractivity contribution in [3.8, 4) is 0 Å². The summed E-state index contributed by atoms with van der Waals surface area (Å²) in [6.07, 6.45) is 1.06. The van der Waals surface area contributed by atoms with E-state index in [-0.39, 0.29) is 0 Å². The summed E-state index contributed by atoms with van der Waals surface area (Å²) in [5.74, 6) is 1.65. The van der Waals surface area contributed by atoms with Gasteiger partial charge in [-0.1, -0.05) is 25.1 Å². The standard InChI is InChI=1S/C17H24N4/c1-5-11-18-17-19-14(4)12-16(20-17)21(6-2)15-10-8-7-9-13(15)3/h7-10,12H,5-6,11H2,1-4H3,(H,18,19,20). The van der Waals surface area contributed by atoms with Crippen molar-refractivity contribution >= 4 is 17.5 Å². The zero-order chi connectivity index (χ0) is 15.2. The van der Waals surface area contributed by atoms with Crippen LogP contribution in [0.3, 0.4) is 0 Å². The monoisotopic (exact) mass is 284 g/mol. The smallest absolute Gasteiger partial charge is 0.224 e. The molecule has 0 unspecified atom stereocenters. The van der Waals surface area contributed by atoms with Gasteiger partial charge in [0.1, 0.15) is 5.82 Å². The second-order valence-corrected chi connectivity index (χ2v) is 5.15. The van der Waals surface area contributed by atoms with Gasteiger partial charge in [-0.15, -0.1) is 0 Å². The Morgan fingerprint density at radius 1 is 1.10 bits per heavy atom. The zero-order valence-corrected chi connectivity index (χ0v) is 13.3. The van der Waals surface area contributed by atoms with Gasteiger partial charge in [-0.25, -0.2) is 4.98 Å². The van der Waals surface area contributed by atoms with Crippen molar-refractivity contribution in [2.45, 2.75) is 34.1 Å². The van der Waals surface area contributed by atoms with Crippen LogP contribution in [0.2, 0.25) is 0 Å². The Labute approximate surface area is 127 Å². The number of benzene rings is 1. The van der Waals surface area contributed by atoms with Crippen molar-refractivity contribution in [3.63, 3.8) is 0 Å². The third kappa shape index (κ3) is 3.72. The molecular weight excluding hydrogens is 260 g/mol. The normalized spacial score (nSPS) is 10.5. The molecule has 0 aliphatic heterocycles. The maximum atomic E-state index is 4.66. The number of para-hydroxylation sites is 1. The lowest BCUT2D eigenvalue weighted by molar-refractivity contribution is 0.925. The van der Waals surface area contributed by atoms with Gasteiger partial charge in [-0.05, 0) is 38.8 Å². The maximum Gasteiger partial charge on any atom is 0.224 e. The third-order valence-electron chi connectivity index (χ3n) is 3.37. The van der Waals surface area contributed by atoms with Gasteiger partial charge in [0.25, 0.3) is 0 Å². The van der Waals surface area contributed by atoms with Crippen molar-refractivity contribution in [3.05, 3.63) is 41.6 Å². The average Bonchev–Trinajstić information content (AvgIpc) is 2.47. The van der Waals surface area contributed by atoms with Gasteiger partial charge >= 0.3 is 0 Å². The van der Waals surface area contributed by atoms with Gasteiger partial charge in [0.05, 0.1) is 0 Å². The Balaban J connectivity index is 2.38. The third-order valence-corrected chi connectivity index (χ3v) is 3.37. The van der Waals surface area contributed by atoms with Crippen molar-refractivity contribution in [2.75, 3.05) is 23.3 Å². The highest BCUT2D eigenvalue weighted by atomic mass is 15.2. The molecule has 2 aromatic rings. The quantitative estimate of drug-likeness (QED) is 0.868. The van der Waals surface area contributed by atoms with E-state index in [9.17, 15) is 0 Å². The Bertz CT molecular complexity index is 595. The zero-order valence-electron chi connectivity index (χ0n) is 13.3. The largest absolute Gasteiger partial charge is 0.354 e. The van der Waals surface area contributed by atoms with E-state index in [0.29, 0.717) is 5.95 Å². The molecule has 0 saturated carbocycles. The van der Waals surface area contributed by atoms with Crippen LogP contribution < -0.4 is 10.2 Å². The number of anilines is 3. The summed E-state index contributed by atoms with van der Waals surface area (Å²) in [7, 11) is 0. The number of hydrogen-bond donors (Lipinski definition) is 1. The molecule has 0 saturated heterocycles. The first kappa shape index (κ1) is 15.3. The molecule has 0 amide bonds. The van der Waals surface area contributed by atoms with Crippen LogP contribution in [-0.4, -0.2) is 23.1 Å². The highest BCUT2D eigenvalue weighted by Gasteiger charge is 2.12. The van der Waals surface area contributed by atoms with Gasteiger partial charge in [-0.2, -0.15) is 4.98 Å². The summed E-state index contributed by atoms with van der Waals surface area (Å²) in [6.45, 7) is 10.2. The van der Waals surface area contributed by atoms with Crippen LogP contribution in [0.1, 0.15) is 31.5 Å². The molecule has 0 radical (unpaired) electrons. The molecule has 4 heteroatoms. The molecule has 4 nitrogen and oxygen atoms in total. The van der Waals surface area contributed by atoms with E-state index in [1.165, 1.54) is 11.3 Å².